The van der Waals surface area contributed by atoms with Crippen LogP contribution in [-0.4, -0.2) is 20.4 Å². The summed E-state index contributed by atoms with van der Waals surface area (Å²) in [5.41, 5.74) is 8.16. The van der Waals surface area contributed by atoms with Crippen LogP contribution < -0.4 is 5.73 Å². The predicted molar refractivity (Wildman–Crippen MR) is 54.8 cm³/mol. The first-order valence-electron chi connectivity index (χ1n) is 4.07. The van der Waals surface area contributed by atoms with Crippen LogP contribution in [0.25, 0.3) is 10.6 Å². The van der Waals surface area contributed by atoms with Gasteiger partial charge in [-0.2, -0.15) is 10.2 Å². The molecular formula is C8H9N5S. The number of nitrogen functional groups attached to an aromatic ring is 1. The molecule has 0 aliphatic carbocycles. The molecule has 2 aromatic rings. The highest BCUT2D eigenvalue weighted by atomic mass is 32.1. The van der Waals surface area contributed by atoms with E-state index in [4.69, 9.17) is 5.73 Å². The van der Waals surface area contributed by atoms with Gasteiger partial charge in [-0.1, -0.05) is 11.3 Å². The summed E-state index contributed by atoms with van der Waals surface area (Å²) in [6.07, 6.45) is 0. The third-order valence-electron chi connectivity index (χ3n) is 1.77. The Morgan fingerprint density at radius 2 is 1.93 bits per heavy atom. The molecule has 0 radical (unpaired) electrons. The number of rotatable bonds is 1. The summed E-state index contributed by atoms with van der Waals surface area (Å²) in [6, 6.07) is 1.93. The van der Waals surface area contributed by atoms with Crippen LogP contribution in [0.1, 0.15) is 11.4 Å². The quantitative estimate of drug-likeness (QED) is 0.760. The molecule has 0 aromatic carbocycles. The molecule has 5 nitrogen and oxygen atoms in total. The molecule has 0 amide bonds. The topological polar surface area (TPSA) is 77.6 Å². The highest BCUT2D eigenvalue weighted by molar-refractivity contribution is 7.18. The zero-order valence-electron chi connectivity index (χ0n) is 7.85. The minimum atomic E-state index is 0.467. The van der Waals surface area contributed by atoms with Gasteiger partial charge in [-0.25, -0.2) is 0 Å². The number of hydrogen-bond acceptors (Lipinski definition) is 6. The fourth-order valence-corrected chi connectivity index (χ4v) is 1.79. The molecule has 2 N–H and O–H groups in total. The van der Waals surface area contributed by atoms with E-state index in [0.717, 1.165) is 22.0 Å². The average molecular weight is 207 g/mol. The lowest BCUT2D eigenvalue weighted by Crippen LogP contribution is -1.93. The molecule has 0 unspecified atom stereocenters. The monoisotopic (exact) mass is 207 g/mol. The van der Waals surface area contributed by atoms with Crippen molar-refractivity contribution in [2.45, 2.75) is 13.8 Å². The van der Waals surface area contributed by atoms with Gasteiger partial charge in [0, 0.05) is 5.56 Å². The number of hydrogen-bond donors (Lipinski definition) is 1. The van der Waals surface area contributed by atoms with Crippen molar-refractivity contribution in [2.75, 3.05) is 5.73 Å². The fourth-order valence-electron chi connectivity index (χ4n) is 1.11. The second-order valence-corrected chi connectivity index (χ2v) is 3.94. The zero-order valence-corrected chi connectivity index (χ0v) is 8.67. The highest BCUT2D eigenvalue weighted by Crippen LogP contribution is 2.26. The van der Waals surface area contributed by atoms with Crippen molar-refractivity contribution in [3.63, 3.8) is 0 Å². The van der Waals surface area contributed by atoms with Crippen LogP contribution >= 0.6 is 11.3 Å². The number of nitrogens with two attached hydrogens (primary N) is 1. The molecule has 72 valence electrons. The zero-order chi connectivity index (χ0) is 10.1. The maximum absolute atomic E-state index is 5.51. The van der Waals surface area contributed by atoms with Crippen LogP contribution in [0.2, 0.25) is 0 Å². The molecule has 2 rings (SSSR count). The van der Waals surface area contributed by atoms with Crippen LogP contribution in [0.15, 0.2) is 6.07 Å². The number of anilines is 1. The summed E-state index contributed by atoms with van der Waals surface area (Å²) in [4.78, 5) is 0. The van der Waals surface area contributed by atoms with Crippen LogP contribution in [0.4, 0.5) is 5.13 Å². The van der Waals surface area contributed by atoms with Gasteiger partial charge in [-0.15, -0.1) is 10.2 Å². The largest absolute Gasteiger partial charge is 0.374 e. The minimum absolute atomic E-state index is 0.467. The molecule has 0 fully saturated rings. The van der Waals surface area contributed by atoms with Gasteiger partial charge in [0.15, 0.2) is 5.01 Å². The van der Waals surface area contributed by atoms with Crippen molar-refractivity contribution in [3.05, 3.63) is 17.5 Å². The molecule has 2 aromatic heterocycles. The molecule has 6 heteroatoms. The van der Waals surface area contributed by atoms with Gasteiger partial charge in [0.2, 0.25) is 5.13 Å². The van der Waals surface area contributed by atoms with Crippen LogP contribution in [0, 0.1) is 13.8 Å². The van der Waals surface area contributed by atoms with Gasteiger partial charge in [0.1, 0.15) is 0 Å². The van der Waals surface area contributed by atoms with E-state index in [1.807, 2.05) is 19.9 Å². The van der Waals surface area contributed by atoms with E-state index in [9.17, 15) is 0 Å². The Morgan fingerprint density at radius 3 is 2.57 bits per heavy atom. The van der Waals surface area contributed by atoms with Gasteiger partial charge < -0.3 is 5.73 Å². The van der Waals surface area contributed by atoms with E-state index >= 15 is 0 Å². The minimum Gasteiger partial charge on any atom is -0.374 e. The van der Waals surface area contributed by atoms with E-state index in [1.165, 1.54) is 11.3 Å². The molecule has 0 spiro atoms. The first-order valence-corrected chi connectivity index (χ1v) is 4.89. The molecule has 14 heavy (non-hydrogen) atoms. The van der Waals surface area contributed by atoms with Gasteiger partial charge in [-0.05, 0) is 19.9 Å². The lowest BCUT2D eigenvalue weighted by molar-refractivity contribution is 0.940. The van der Waals surface area contributed by atoms with Crippen molar-refractivity contribution in [1.29, 1.82) is 0 Å². The van der Waals surface area contributed by atoms with Crippen molar-refractivity contribution in [3.8, 4) is 10.6 Å². The molecule has 0 saturated heterocycles. The number of aromatic nitrogens is 4. The Labute approximate surface area is 85.0 Å². The predicted octanol–water partition coefficient (Wildman–Crippen LogP) is 1.19. The van der Waals surface area contributed by atoms with Gasteiger partial charge in [0.25, 0.3) is 0 Å². The van der Waals surface area contributed by atoms with Gasteiger partial charge >= 0.3 is 0 Å². The Morgan fingerprint density at radius 1 is 1.14 bits per heavy atom. The lowest BCUT2D eigenvalue weighted by atomic mass is 10.2. The first kappa shape index (κ1) is 9.01. The fraction of sp³-hybridized carbons (Fsp3) is 0.250. The van der Waals surface area contributed by atoms with E-state index in [0.29, 0.717) is 5.13 Å². The highest BCUT2D eigenvalue weighted by Gasteiger charge is 2.09. The maximum Gasteiger partial charge on any atom is 0.203 e. The Kier molecular flexibility index (Phi) is 2.12. The standard InChI is InChI=1S/C8H9N5S/c1-4-3-6(5(2)11-10-4)7-12-13-8(9)14-7/h3H,1-2H3,(H2,9,13). The normalized spacial score (nSPS) is 10.4. The van der Waals surface area contributed by atoms with Crippen molar-refractivity contribution in [1.82, 2.24) is 20.4 Å². The van der Waals surface area contributed by atoms with Crippen molar-refractivity contribution >= 4 is 16.5 Å². The molecule has 0 aliphatic heterocycles. The molecule has 0 atom stereocenters. The van der Waals surface area contributed by atoms with Gasteiger partial charge in [-0.3, -0.25) is 0 Å². The third kappa shape index (κ3) is 1.56. The second-order valence-electron chi connectivity index (χ2n) is 2.93. The van der Waals surface area contributed by atoms with Crippen LogP contribution in [0.5, 0.6) is 0 Å². The Balaban J connectivity index is 2.55. The van der Waals surface area contributed by atoms with Crippen LogP contribution in [-0.2, 0) is 0 Å². The van der Waals surface area contributed by atoms with E-state index in [-0.39, 0.29) is 0 Å². The molecule has 2 heterocycles. The lowest BCUT2D eigenvalue weighted by Gasteiger charge is -1.99. The molecular weight excluding hydrogens is 198 g/mol. The van der Waals surface area contributed by atoms with E-state index in [2.05, 4.69) is 20.4 Å². The summed E-state index contributed by atoms with van der Waals surface area (Å²) < 4.78 is 0. The number of nitrogens with zero attached hydrogens (tertiary/aromatic N) is 4. The first-order chi connectivity index (χ1) is 6.66. The SMILES string of the molecule is Cc1cc(-c2nnc(N)s2)c(C)nn1. The molecule has 0 saturated carbocycles. The summed E-state index contributed by atoms with van der Waals surface area (Å²) in [5.74, 6) is 0. The van der Waals surface area contributed by atoms with E-state index < -0.39 is 0 Å². The van der Waals surface area contributed by atoms with Crippen LogP contribution in [0.3, 0.4) is 0 Å². The number of aryl methyl sites for hydroxylation is 2. The van der Waals surface area contributed by atoms with Crippen molar-refractivity contribution in [2.24, 2.45) is 0 Å². The Hall–Kier alpha value is -1.56. The van der Waals surface area contributed by atoms with Gasteiger partial charge in [0.05, 0.1) is 11.4 Å². The second kappa shape index (κ2) is 3.30. The van der Waals surface area contributed by atoms with E-state index in [1.54, 1.807) is 0 Å². The summed E-state index contributed by atoms with van der Waals surface area (Å²) in [5, 5.41) is 16.9. The smallest absolute Gasteiger partial charge is 0.203 e. The van der Waals surface area contributed by atoms with Crippen molar-refractivity contribution < 1.29 is 0 Å². The summed E-state index contributed by atoms with van der Waals surface area (Å²) in [6.45, 7) is 3.78. The average Bonchev–Trinajstić information content (AvgIpc) is 2.56. The molecule has 0 aliphatic rings. The third-order valence-corrected chi connectivity index (χ3v) is 2.56. The summed E-state index contributed by atoms with van der Waals surface area (Å²) in [7, 11) is 0. The molecule has 0 bridgehead atoms. The Bertz CT molecular complexity index is 465. The summed E-state index contributed by atoms with van der Waals surface area (Å²) >= 11 is 1.35. The maximum atomic E-state index is 5.51.